The van der Waals surface area contributed by atoms with E-state index in [2.05, 4.69) is 10.6 Å². The zero-order chi connectivity index (χ0) is 23.1. The summed E-state index contributed by atoms with van der Waals surface area (Å²) in [5, 5.41) is 6.41. The summed E-state index contributed by atoms with van der Waals surface area (Å²) in [7, 11) is 0. The maximum Gasteiger partial charge on any atom is 0.302 e. The van der Waals surface area contributed by atoms with Crippen LogP contribution >= 0.6 is 0 Å². The maximum absolute atomic E-state index is 13.3. The topological polar surface area (TPSA) is 93.7 Å². The van der Waals surface area contributed by atoms with Gasteiger partial charge in [-0.3, -0.25) is 19.7 Å². The van der Waals surface area contributed by atoms with Crippen molar-refractivity contribution in [2.75, 3.05) is 13.2 Å². The summed E-state index contributed by atoms with van der Waals surface area (Å²) >= 11 is 0. The molecular formula is C25H30N2O5. The molecule has 4 atom stereocenters. The monoisotopic (exact) mass is 438 g/mol. The molecule has 170 valence electrons. The third-order valence-corrected chi connectivity index (χ3v) is 5.91. The van der Waals surface area contributed by atoms with Crippen LogP contribution in [0.5, 0.6) is 0 Å². The molecule has 2 aromatic rings. The normalized spacial score (nSPS) is 24.5. The van der Waals surface area contributed by atoms with Crippen LogP contribution in [0.4, 0.5) is 0 Å². The van der Waals surface area contributed by atoms with Crippen molar-refractivity contribution in [2.24, 2.45) is 5.92 Å². The van der Waals surface area contributed by atoms with Crippen LogP contribution in [-0.2, 0) is 30.4 Å². The van der Waals surface area contributed by atoms with Gasteiger partial charge in [0.2, 0.25) is 5.91 Å². The van der Waals surface area contributed by atoms with Crippen LogP contribution in [-0.4, -0.2) is 42.6 Å². The highest BCUT2D eigenvalue weighted by atomic mass is 16.5. The Morgan fingerprint density at radius 3 is 2.12 bits per heavy atom. The predicted molar refractivity (Wildman–Crippen MR) is 120 cm³/mol. The number of hydrogen-bond acceptors (Lipinski definition) is 6. The molecule has 7 heteroatoms. The molecule has 1 saturated heterocycles. The van der Waals surface area contributed by atoms with E-state index in [1.54, 1.807) is 0 Å². The standard InChI is InChI=1S/C25H30N2O5/c1-17(28)31-15-21-22(20-12-8-5-9-13-20)23(27-25(21,3)16-32-18(2)29)24(30)26-14-19-10-6-4-7-11-19/h4-13,21-23,27H,14-16H2,1-3H3,(H,26,30)/t21-,22-,23-,25-/m0/s1. The molecule has 0 spiro atoms. The fraction of sp³-hybridized carbons (Fsp3) is 0.400. The molecule has 0 bridgehead atoms. The van der Waals surface area contributed by atoms with E-state index >= 15 is 0 Å². The Kier molecular flexibility index (Phi) is 7.64. The second-order valence-electron chi connectivity index (χ2n) is 8.37. The van der Waals surface area contributed by atoms with Crippen LogP contribution in [0.25, 0.3) is 0 Å². The van der Waals surface area contributed by atoms with Crippen LogP contribution in [0.15, 0.2) is 60.7 Å². The third kappa shape index (κ3) is 5.73. The lowest BCUT2D eigenvalue weighted by molar-refractivity contribution is -0.147. The van der Waals surface area contributed by atoms with E-state index in [9.17, 15) is 14.4 Å². The molecule has 0 unspecified atom stereocenters. The van der Waals surface area contributed by atoms with Crippen molar-refractivity contribution >= 4 is 17.8 Å². The number of nitrogens with one attached hydrogen (secondary N) is 2. The maximum atomic E-state index is 13.3. The van der Waals surface area contributed by atoms with E-state index in [4.69, 9.17) is 9.47 Å². The number of esters is 2. The molecule has 2 aromatic carbocycles. The minimum Gasteiger partial charge on any atom is -0.465 e. The molecule has 3 rings (SSSR count). The molecule has 0 aliphatic carbocycles. The Hall–Kier alpha value is -3.19. The summed E-state index contributed by atoms with van der Waals surface area (Å²) in [4.78, 5) is 36.4. The van der Waals surface area contributed by atoms with E-state index in [1.165, 1.54) is 13.8 Å². The number of hydrogen-bond donors (Lipinski definition) is 2. The molecule has 1 aliphatic rings. The first-order valence-corrected chi connectivity index (χ1v) is 10.7. The van der Waals surface area contributed by atoms with Crippen molar-refractivity contribution in [3.63, 3.8) is 0 Å². The van der Waals surface area contributed by atoms with Crippen molar-refractivity contribution in [2.45, 2.75) is 44.8 Å². The SMILES string of the molecule is CC(=O)OC[C@H]1[C@H](c2ccccc2)[C@@H](C(=O)NCc2ccccc2)N[C@@]1(C)COC(C)=O. The first kappa shape index (κ1) is 23.5. The van der Waals surface area contributed by atoms with Gasteiger partial charge in [-0.25, -0.2) is 0 Å². The average molecular weight is 439 g/mol. The molecule has 0 saturated carbocycles. The van der Waals surface area contributed by atoms with Crippen LogP contribution in [0.2, 0.25) is 0 Å². The summed E-state index contributed by atoms with van der Waals surface area (Å²) < 4.78 is 10.7. The fourth-order valence-corrected chi connectivity index (χ4v) is 4.30. The van der Waals surface area contributed by atoms with E-state index < -0.39 is 23.5 Å². The lowest BCUT2D eigenvalue weighted by atomic mass is 9.77. The van der Waals surface area contributed by atoms with Gasteiger partial charge in [-0.15, -0.1) is 0 Å². The Morgan fingerprint density at radius 1 is 0.938 bits per heavy atom. The molecule has 0 radical (unpaired) electrons. The highest BCUT2D eigenvalue weighted by Gasteiger charge is 2.54. The Bertz CT molecular complexity index is 934. The second kappa shape index (κ2) is 10.4. The van der Waals surface area contributed by atoms with Gasteiger partial charge in [-0.2, -0.15) is 0 Å². The van der Waals surface area contributed by atoms with Crippen LogP contribution in [0, 0.1) is 5.92 Å². The summed E-state index contributed by atoms with van der Waals surface area (Å²) in [6, 6.07) is 18.7. The summed E-state index contributed by atoms with van der Waals surface area (Å²) in [6.45, 7) is 5.15. The first-order valence-electron chi connectivity index (χ1n) is 10.7. The minimum atomic E-state index is -0.767. The van der Waals surface area contributed by atoms with Crippen LogP contribution in [0.1, 0.15) is 37.8 Å². The zero-order valence-corrected chi connectivity index (χ0v) is 18.7. The van der Waals surface area contributed by atoms with Crippen molar-refractivity contribution in [1.29, 1.82) is 0 Å². The van der Waals surface area contributed by atoms with Crippen LogP contribution in [0.3, 0.4) is 0 Å². The summed E-state index contributed by atoms with van der Waals surface area (Å²) in [6.07, 6.45) is 0. The fourth-order valence-electron chi connectivity index (χ4n) is 4.30. The van der Waals surface area contributed by atoms with Gasteiger partial charge in [0.15, 0.2) is 0 Å². The van der Waals surface area contributed by atoms with Gasteiger partial charge in [-0.05, 0) is 18.1 Å². The minimum absolute atomic E-state index is 0.0556. The van der Waals surface area contributed by atoms with Gasteiger partial charge < -0.3 is 14.8 Å². The molecule has 1 aliphatic heterocycles. The number of carbonyl (C=O) groups is 3. The summed E-state index contributed by atoms with van der Waals surface area (Å²) in [5.41, 5.74) is 1.17. The third-order valence-electron chi connectivity index (χ3n) is 5.91. The van der Waals surface area contributed by atoms with Gasteiger partial charge in [0, 0.05) is 32.2 Å². The lowest BCUT2D eigenvalue weighted by Gasteiger charge is -2.32. The molecule has 1 amide bonds. The second-order valence-corrected chi connectivity index (χ2v) is 8.37. The smallest absolute Gasteiger partial charge is 0.302 e. The van der Waals surface area contributed by atoms with E-state index in [-0.39, 0.29) is 31.0 Å². The molecule has 1 heterocycles. The molecule has 32 heavy (non-hydrogen) atoms. The number of rotatable bonds is 8. The first-order chi connectivity index (χ1) is 15.3. The molecule has 1 fully saturated rings. The van der Waals surface area contributed by atoms with Crippen molar-refractivity contribution in [3.05, 3.63) is 71.8 Å². The predicted octanol–water partition coefficient (Wildman–Crippen LogP) is 2.56. The molecular weight excluding hydrogens is 408 g/mol. The van der Waals surface area contributed by atoms with Gasteiger partial charge >= 0.3 is 11.9 Å². The van der Waals surface area contributed by atoms with Gasteiger partial charge in [0.05, 0.1) is 18.2 Å². The number of benzene rings is 2. The van der Waals surface area contributed by atoms with E-state index in [0.717, 1.165) is 11.1 Å². The lowest BCUT2D eigenvalue weighted by Crippen LogP contribution is -2.52. The number of carbonyl (C=O) groups excluding carboxylic acids is 3. The summed E-state index contributed by atoms with van der Waals surface area (Å²) in [5.74, 6) is -1.55. The highest BCUT2D eigenvalue weighted by Crippen LogP contribution is 2.42. The molecule has 7 nitrogen and oxygen atoms in total. The zero-order valence-electron chi connectivity index (χ0n) is 18.7. The highest BCUT2D eigenvalue weighted by molar-refractivity contribution is 5.84. The number of ether oxygens (including phenoxy) is 2. The van der Waals surface area contributed by atoms with Gasteiger partial charge in [-0.1, -0.05) is 60.7 Å². The Labute approximate surface area is 188 Å². The van der Waals surface area contributed by atoms with Crippen LogP contribution < -0.4 is 10.6 Å². The number of amides is 1. The quantitative estimate of drug-likeness (QED) is 0.616. The van der Waals surface area contributed by atoms with E-state index in [1.807, 2.05) is 67.6 Å². The largest absolute Gasteiger partial charge is 0.465 e. The van der Waals surface area contributed by atoms with E-state index in [0.29, 0.717) is 6.54 Å². The van der Waals surface area contributed by atoms with Crippen molar-refractivity contribution in [1.82, 2.24) is 10.6 Å². The molecule has 2 N–H and O–H groups in total. The van der Waals surface area contributed by atoms with Gasteiger partial charge in [0.25, 0.3) is 0 Å². The Balaban J connectivity index is 1.90. The van der Waals surface area contributed by atoms with Crippen molar-refractivity contribution in [3.8, 4) is 0 Å². The average Bonchev–Trinajstić information content (AvgIpc) is 3.08. The Morgan fingerprint density at radius 2 is 1.53 bits per heavy atom. The molecule has 0 aromatic heterocycles. The van der Waals surface area contributed by atoms with Crippen molar-refractivity contribution < 1.29 is 23.9 Å². The van der Waals surface area contributed by atoms with Gasteiger partial charge in [0.1, 0.15) is 6.61 Å².